The first-order valence-electron chi connectivity index (χ1n) is 8.12. The first-order chi connectivity index (χ1) is 10.3. The second kappa shape index (κ2) is 6.67. The van der Waals surface area contributed by atoms with E-state index in [2.05, 4.69) is 16.3 Å². The van der Waals surface area contributed by atoms with Gasteiger partial charge in [0.25, 0.3) is 0 Å². The Morgan fingerprint density at radius 2 is 1.95 bits per heavy atom. The van der Waals surface area contributed by atoms with Gasteiger partial charge in [-0.15, -0.1) is 0 Å². The van der Waals surface area contributed by atoms with Crippen LogP contribution in [0.2, 0.25) is 0 Å². The molecular weight excluding hydrogens is 264 g/mol. The van der Waals surface area contributed by atoms with Crippen molar-refractivity contribution < 1.29 is 9.84 Å². The molecule has 0 radical (unpaired) electrons. The highest BCUT2D eigenvalue weighted by molar-refractivity contribution is 5.47. The van der Waals surface area contributed by atoms with Crippen LogP contribution in [0.25, 0.3) is 0 Å². The second-order valence-corrected chi connectivity index (χ2v) is 6.17. The van der Waals surface area contributed by atoms with E-state index in [0.717, 1.165) is 31.7 Å². The summed E-state index contributed by atoms with van der Waals surface area (Å²) in [5, 5.41) is 14.0. The molecule has 1 aliphatic carbocycles. The molecule has 3 rings (SSSR count). The largest absolute Gasteiger partial charge is 0.504 e. The molecule has 0 bridgehead atoms. The van der Waals surface area contributed by atoms with Gasteiger partial charge in [0.1, 0.15) is 0 Å². The van der Waals surface area contributed by atoms with Crippen LogP contribution in [0.4, 0.5) is 0 Å². The van der Waals surface area contributed by atoms with Gasteiger partial charge in [-0.05, 0) is 24.8 Å². The number of nitrogens with zero attached hydrogens (tertiary/aromatic N) is 1. The normalized spacial score (nSPS) is 22.3. The van der Waals surface area contributed by atoms with E-state index in [-0.39, 0.29) is 0 Å². The number of rotatable bonds is 4. The topological polar surface area (TPSA) is 44.7 Å². The molecule has 1 heterocycles. The van der Waals surface area contributed by atoms with Crippen LogP contribution in [0.5, 0.6) is 11.5 Å². The summed E-state index contributed by atoms with van der Waals surface area (Å²) in [4.78, 5) is 2.54. The molecule has 4 heteroatoms. The summed E-state index contributed by atoms with van der Waals surface area (Å²) in [6.45, 7) is 4.18. The third kappa shape index (κ3) is 3.01. The lowest BCUT2D eigenvalue weighted by Gasteiger charge is -2.39. The third-order valence-corrected chi connectivity index (χ3v) is 4.96. The lowest BCUT2D eigenvalue weighted by molar-refractivity contribution is 0.123. The number of phenolic OH excluding ortho intramolecular Hbond substituents is 1. The summed E-state index contributed by atoms with van der Waals surface area (Å²) < 4.78 is 5.30. The predicted octanol–water partition coefficient (Wildman–Crippen LogP) is 2.54. The zero-order chi connectivity index (χ0) is 14.7. The average Bonchev–Trinajstić information content (AvgIpc) is 3.04. The maximum atomic E-state index is 10.6. The molecule has 116 valence electrons. The van der Waals surface area contributed by atoms with E-state index in [1.165, 1.54) is 25.7 Å². The molecule has 4 nitrogen and oxygen atoms in total. The average molecular weight is 290 g/mol. The number of ether oxygens (including phenoxy) is 1. The molecule has 2 N–H and O–H groups in total. The molecular formula is C17H26N2O2. The Kier molecular flexibility index (Phi) is 4.66. The van der Waals surface area contributed by atoms with Gasteiger partial charge in [0.2, 0.25) is 0 Å². The molecule has 21 heavy (non-hydrogen) atoms. The monoisotopic (exact) mass is 290 g/mol. The highest BCUT2D eigenvalue weighted by atomic mass is 16.5. The minimum Gasteiger partial charge on any atom is -0.504 e. The quantitative estimate of drug-likeness (QED) is 0.894. The van der Waals surface area contributed by atoms with Crippen molar-refractivity contribution in [3.05, 3.63) is 23.8 Å². The predicted molar refractivity (Wildman–Crippen MR) is 83.8 cm³/mol. The van der Waals surface area contributed by atoms with Crippen molar-refractivity contribution >= 4 is 0 Å². The molecule has 1 saturated carbocycles. The van der Waals surface area contributed by atoms with E-state index in [0.29, 0.717) is 23.5 Å². The van der Waals surface area contributed by atoms with Gasteiger partial charge in [0.15, 0.2) is 11.5 Å². The Balaban J connectivity index is 1.93. The van der Waals surface area contributed by atoms with Crippen molar-refractivity contribution in [1.29, 1.82) is 0 Å². The Hall–Kier alpha value is -1.26. The summed E-state index contributed by atoms with van der Waals surface area (Å²) in [5.74, 6) is 1.57. The standard InChI is InChI=1S/C17H26N2O2/c1-21-15-8-4-7-14(17(15)20)16(13-5-2-3-6-13)19-11-9-18-10-12-19/h4,7-8,13,16,18,20H,2-3,5-6,9-12H2,1H3/t16-/m0/s1. The second-order valence-electron chi connectivity index (χ2n) is 6.17. The fraction of sp³-hybridized carbons (Fsp3) is 0.647. The van der Waals surface area contributed by atoms with Gasteiger partial charge in [-0.25, -0.2) is 0 Å². The zero-order valence-electron chi connectivity index (χ0n) is 12.8. The van der Waals surface area contributed by atoms with Gasteiger partial charge in [0.05, 0.1) is 7.11 Å². The maximum Gasteiger partial charge on any atom is 0.162 e. The number of phenols is 1. The minimum absolute atomic E-state index is 0.324. The van der Waals surface area contributed by atoms with Gasteiger partial charge in [-0.2, -0.15) is 0 Å². The van der Waals surface area contributed by atoms with Crippen LogP contribution in [0.15, 0.2) is 18.2 Å². The van der Waals surface area contributed by atoms with E-state index in [9.17, 15) is 5.11 Å². The summed E-state index contributed by atoms with van der Waals surface area (Å²) in [5.41, 5.74) is 1.04. The van der Waals surface area contributed by atoms with Crippen LogP contribution in [0, 0.1) is 5.92 Å². The van der Waals surface area contributed by atoms with Crippen LogP contribution >= 0.6 is 0 Å². The van der Waals surface area contributed by atoms with Gasteiger partial charge in [0, 0.05) is 37.8 Å². The zero-order valence-corrected chi connectivity index (χ0v) is 12.8. The van der Waals surface area contributed by atoms with Crippen molar-refractivity contribution in [2.75, 3.05) is 33.3 Å². The highest BCUT2D eigenvalue weighted by Crippen LogP contribution is 2.44. The van der Waals surface area contributed by atoms with E-state index in [1.54, 1.807) is 7.11 Å². The van der Waals surface area contributed by atoms with E-state index >= 15 is 0 Å². The lowest BCUT2D eigenvalue weighted by atomic mass is 9.89. The summed E-state index contributed by atoms with van der Waals surface area (Å²) >= 11 is 0. The first-order valence-corrected chi connectivity index (χ1v) is 8.12. The number of hydrogen-bond donors (Lipinski definition) is 2. The van der Waals surface area contributed by atoms with Crippen LogP contribution in [-0.4, -0.2) is 43.3 Å². The highest BCUT2D eigenvalue weighted by Gasteiger charge is 2.33. The lowest BCUT2D eigenvalue weighted by Crippen LogP contribution is -2.46. The number of methoxy groups -OCH3 is 1. The number of piperazine rings is 1. The van der Waals surface area contributed by atoms with Gasteiger partial charge >= 0.3 is 0 Å². The fourth-order valence-electron chi connectivity index (χ4n) is 3.92. The molecule has 1 atom stereocenters. The van der Waals surface area contributed by atoms with E-state index < -0.39 is 0 Å². The van der Waals surface area contributed by atoms with Crippen LogP contribution in [-0.2, 0) is 0 Å². The van der Waals surface area contributed by atoms with Crippen LogP contribution in [0.3, 0.4) is 0 Å². The molecule has 1 aliphatic heterocycles. The Morgan fingerprint density at radius 3 is 2.62 bits per heavy atom. The van der Waals surface area contributed by atoms with Crippen molar-refractivity contribution in [2.24, 2.45) is 5.92 Å². The Morgan fingerprint density at radius 1 is 1.24 bits per heavy atom. The van der Waals surface area contributed by atoms with Crippen LogP contribution < -0.4 is 10.1 Å². The summed E-state index contributed by atoms with van der Waals surface area (Å²) in [6, 6.07) is 6.23. The van der Waals surface area contributed by atoms with Gasteiger partial charge in [-0.1, -0.05) is 25.0 Å². The third-order valence-electron chi connectivity index (χ3n) is 4.96. The molecule has 0 aromatic heterocycles. The summed E-state index contributed by atoms with van der Waals surface area (Å²) in [6.07, 6.45) is 5.17. The number of hydrogen-bond acceptors (Lipinski definition) is 4. The smallest absolute Gasteiger partial charge is 0.162 e. The number of para-hydroxylation sites is 1. The molecule has 1 aromatic carbocycles. The van der Waals surface area contributed by atoms with Crippen molar-refractivity contribution in [3.63, 3.8) is 0 Å². The molecule has 2 fully saturated rings. The molecule has 2 aliphatic rings. The molecule has 1 aromatic rings. The molecule has 0 amide bonds. The minimum atomic E-state index is 0.324. The Labute approximate surface area is 127 Å². The van der Waals surface area contributed by atoms with Gasteiger partial charge < -0.3 is 15.2 Å². The molecule has 0 unspecified atom stereocenters. The number of nitrogens with one attached hydrogen (secondary N) is 1. The van der Waals surface area contributed by atoms with Gasteiger partial charge in [-0.3, -0.25) is 4.90 Å². The number of aromatic hydroxyl groups is 1. The van der Waals surface area contributed by atoms with Crippen LogP contribution in [0.1, 0.15) is 37.3 Å². The fourth-order valence-corrected chi connectivity index (χ4v) is 3.92. The maximum absolute atomic E-state index is 10.6. The van der Waals surface area contributed by atoms with E-state index in [1.807, 2.05) is 12.1 Å². The van der Waals surface area contributed by atoms with Crippen molar-refractivity contribution in [3.8, 4) is 11.5 Å². The Bertz CT molecular complexity index is 466. The number of benzene rings is 1. The van der Waals surface area contributed by atoms with Crippen molar-refractivity contribution in [1.82, 2.24) is 10.2 Å². The molecule has 1 saturated heterocycles. The van der Waals surface area contributed by atoms with E-state index in [4.69, 9.17) is 4.74 Å². The first kappa shape index (κ1) is 14.7. The van der Waals surface area contributed by atoms with Crippen molar-refractivity contribution in [2.45, 2.75) is 31.7 Å². The molecule has 0 spiro atoms. The SMILES string of the molecule is COc1cccc([C@H](C2CCCC2)N2CCNCC2)c1O. The summed E-state index contributed by atoms with van der Waals surface area (Å²) in [7, 11) is 1.62.